The van der Waals surface area contributed by atoms with Gasteiger partial charge in [-0.25, -0.2) is 0 Å². The zero-order chi connectivity index (χ0) is 17.8. The summed E-state index contributed by atoms with van der Waals surface area (Å²) >= 11 is 0. The van der Waals surface area contributed by atoms with Crippen LogP contribution in [0.1, 0.15) is 15.9 Å². The first kappa shape index (κ1) is 16.2. The highest BCUT2D eigenvalue weighted by Gasteiger charge is 2.14. The standard InChI is InChI=1S/C19H14N2O4/c22-18-8-4-1-5-15(18)19(23)13-9-11-14(12-10-13)20-16-6-2-3-7-17(16)21(24)25/h1-12,20,22H. The Morgan fingerprint density at radius 1 is 0.920 bits per heavy atom. The number of nitro groups is 1. The molecule has 25 heavy (non-hydrogen) atoms. The lowest BCUT2D eigenvalue weighted by atomic mass is 10.0. The predicted octanol–water partition coefficient (Wildman–Crippen LogP) is 4.28. The van der Waals surface area contributed by atoms with Crippen molar-refractivity contribution in [2.75, 3.05) is 5.32 Å². The number of aromatic hydroxyl groups is 1. The minimum atomic E-state index is -0.460. The minimum absolute atomic E-state index is 0.0307. The van der Waals surface area contributed by atoms with E-state index >= 15 is 0 Å². The molecule has 6 nitrogen and oxygen atoms in total. The molecule has 0 spiro atoms. The first-order chi connectivity index (χ1) is 12.1. The Balaban J connectivity index is 1.83. The van der Waals surface area contributed by atoms with Crippen LogP contribution in [0.25, 0.3) is 0 Å². The molecule has 0 fully saturated rings. The molecule has 0 radical (unpaired) electrons. The molecule has 0 aliphatic rings. The topological polar surface area (TPSA) is 92.5 Å². The summed E-state index contributed by atoms with van der Waals surface area (Å²) in [6.45, 7) is 0. The number of para-hydroxylation sites is 3. The van der Waals surface area contributed by atoms with E-state index in [1.54, 1.807) is 60.7 Å². The molecule has 3 aromatic carbocycles. The Kier molecular flexibility index (Phi) is 4.43. The predicted molar refractivity (Wildman–Crippen MR) is 94.4 cm³/mol. The molecule has 124 valence electrons. The van der Waals surface area contributed by atoms with Crippen molar-refractivity contribution in [1.29, 1.82) is 0 Å². The first-order valence-electron chi connectivity index (χ1n) is 7.49. The van der Waals surface area contributed by atoms with Crippen molar-refractivity contribution < 1.29 is 14.8 Å². The highest BCUT2D eigenvalue weighted by Crippen LogP contribution is 2.27. The van der Waals surface area contributed by atoms with Crippen LogP contribution in [-0.4, -0.2) is 15.8 Å². The van der Waals surface area contributed by atoms with Crippen LogP contribution in [0.15, 0.2) is 72.8 Å². The maximum Gasteiger partial charge on any atom is 0.292 e. The third-order valence-corrected chi connectivity index (χ3v) is 3.68. The summed E-state index contributed by atoms with van der Waals surface area (Å²) in [4.78, 5) is 23.0. The Morgan fingerprint density at radius 3 is 2.24 bits per heavy atom. The first-order valence-corrected chi connectivity index (χ1v) is 7.49. The molecule has 0 aliphatic carbocycles. The second-order valence-electron chi connectivity index (χ2n) is 5.32. The van der Waals surface area contributed by atoms with Gasteiger partial charge in [0.05, 0.1) is 10.5 Å². The van der Waals surface area contributed by atoms with E-state index in [0.29, 0.717) is 16.9 Å². The molecule has 0 aromatic heterocycles. The molecule has 0 saturated heterocycles. The fourth-order valence-corrected chi connectivity index (χ4v) is 2.42. The number of carbonyl (C=O) groups excluding carboxylic acids is 1. The second kappa shape index (κ2) is 6.84. The van der Waals surface area contributed by atoms with E-state index in [1.165, 1.54) is 12.1 Å². The van der Waals surface area contributed by atoms with Gasteiger partial charge in [0.1, 0.15) is 11.4 Å². The van der Waals surface area contributed by atoms with Crippen molar-refractivity contribution in [2.24, 2.45) is 0 Å². The van der Waals surface area contributed by atoms with Crippen molar-refractivity contribution in [1.82, 2.24) is 0 Å². The highest BCUT2D eigenvalue weighted by atomic mass is 16.6. The van der Waals surface area contributed by atoms with E-state index in [-0.39, 0.29) is 22.8 Å². The molecular formula is C19H14N2O4. The van der Waals surface area contributed by atoms with Crippen LogP contribution in [0, 0.1) is 10.1 Å². The van der Waals surface area contributed by atoms with Gasteiger partial charge in [0.2, 0.25) is 0 Å². The van der Waals surface area contributed by atoms with Crippen LogP contribution < -0.4 is 5.32 Å². The van der Waals surface area contributed by atoms with Gasteiger partial charge in [-0.1, -0.05) is 24.3 Å². The zero-order valence-corrected chi connectivity index (χ0v) is 13.0. The molecule has 0 heterocycles. The molecule has 0 atom stereocenters. The summed E-state index contributed by atoms with van der Waals surface area (Å²) in [6.07, 6.45) is 0. The number of phenols is 1. The van der Waals surface area contributed by atoms with Crippen LogP contribution in [0.4, 0.5) is 17.1 Å². The Morgan fingerprint density at radius 2 is 1.56 bits per heavy atom. The minimum Gasteiger partial charge on any atom is -0.507 e. The summed E-state index contributed by atoms with van der Waals surface area (Å²) in [7, 11) is 0. The van der Waals surface area contributed by atoms with Gasteiger partial charge in [0.15, 0.2) is 5.78 Å². The van der Waals surface area contributed by atoms with Crippen molar-refractivity contribution in [3.63, 3.8) is 0 Å². The van der Waals surface area contributed by atoms with Gasteiger partial charge in [-0.2, -0.15) is 0 Å². The van der Waals surface area contributed by atoms with E-state index in [4.69, 9.17) is 0 Å². The van der Waals surface area contributed by atoms with E-state index in [9.17, 15) is 20.0 Å². The van der Waals surface area contributed by atoms with Crippen LogP contribution in [0.3, 0.4) is 0 Å². The Bertz CT molecular complexity index is 936. The number of nitro benzene ring substituents is 1. The summed E-state index contributed by atoms with van der Waals surface area (Å²) < 4.78 is 0. The van der Waals surface area contributed by atoms with Gasteiger partial charge in [-0.05, 0) is 42.5 Å². The lowest BCUT2D eigenvalue weighted by molar-refractivity contribution is -0.383. The quantitative estimate of drug-likeness (QED) is 0.413. The molecule has 0 saturated carbocycles. The monoisotopic (exact) mass is 334 g/mol. The average Bonchev–Trinajstić information content (AvgIpc) is 2.62. The number of hydrogen-bond donors (Lipinski definition) is 2. The van der Waals surface area contributed by atoms with Crippen LogP contribution in [-0.2, 0) is 0 Å². The summed E-state index contributed by atoms with van der Waals surface area (Å²) in [5.74, 6) is -0.370. The lowest BCUT2D eigenvalue weighted by Crippen LogP contribution is -2.02. The molecule has 3 aromatic rings. The lowest BCUT2D eigenvalue weighted by Gasteiger charge is -2.08. The number of hydrogen-bond acceptors (Lipinski definition) is 5. The van der Waals surface area contributed by atoms with Crippen molar-refractivity contribution in [3.05, 3.63) is 94.0 Å². The molecule has 0 bridgehead atoms. The zero-order valence-electron chi connectivity index (χ0n) is 13.0. The Labute approximate surface area is 143 Å². The largest absolute Gasteiger partial charge is 0.507 e. The number of nitrogens with one attached hydrogen (secondary N) is 1. The fraction of sp³-hybridized carbons (Fsp3) is 0. The van der Waals surface area contributed by atoms with Crippen LogP contribution in [0.2, 0.25) is 0 Å². The SMILES string of the molecule is O=C(c1ccc(Nc2ccccc2[N+](=O)[O-])cc1)c1ccccc1O. The van der Waals surface area contributed by atoms with Gasteiger partial charge >= 0.3 is 0 Å². The van der Waals surface area contributed by atoms with Gasteiger partial charge in [0.25, 0.3) is 5.69 Å². The molecule has 2 N–H and O–H groups in total. The number of carbonyl (C=O) groups is 1. The summed E-state index contributed by atoms with van der Waals surface area (Å²) in [6, 6.07) is 19.2. The van der Waals surface area contributed by atoms with Gasteiger partial charge in [0, 0.05) is 17.3 Å². The van der Waals surface area contributed by atoms with Gasteiger partial charge in [-0.15, -0.1) is 0 Å². The molecule has 0 aliphatic heterocycles. The van der Waals surface area contributed by atoms with Crippen LogP contribution in [0.5, 0.6) is 5.75 Å². The molecule has 6 heteroatoms. The van der Waals surface area contributed by atoms with E-state index in [1.807, 2.05) is 0 Å². The summed E-state index contributed by atoms with van der Waals surface area (Å²) in [5, 5.41) is 23.8. The van der Waals surface area contributed by atoms with Crippen molar-refractivity contribution in [2.45, 2.75) is 0 Å². The van der Waals surface area contributed by atoms with E-state index in [0.717, 1.165) is 0 Å². The van der Waals surface area contributed by atoms with Gasteiger partial charge < -0.3 is 10.4 Å². The van der Waals surface area contributed by atoms with Crippen LogP contribution >= 0.6 is 0 Å². The molecule has 3 rings (SSSR count). The average molecular weight is 334 g/mol. The van der Waals surface area contributed by atoms with Gasteiger partial charge in [-0.3, -0.25) is 14.9 Å². The normalized spacial score (nSPS) is 10.2. The maximum absolute atomic E-state index is 12.4. The second-order valence-corrected chi connectivity index (χ2v) is 5.32. The number of phenolic OH excluding ortho intramolecular Hbond substituents is 1. The molecule has 0 unspecified atom stereocenters. The third kappa shape index (κ3) is 3.48. The number of benzene rings is 3. The smallest absolute Gasteiger partial charge is 0.292 e. The molecular weight excluding hydrogens is 320 g/mol. The van der Waals surface area contributed by atoms with E-state index < -0.39 is 4.92 Å². The molecule has 0 amide bonds. The van der Waals surface area contributed by atoms with E-state index in [2.05, 4.69) is 5.32 Å². The number of anilines is 2. The number of nitrogens with zero attached hydrogens (tertiary/aromatic N) is 1. The van der Waals surface area contributed by atoms with Crippen molar-refractivity contribution >= 4 is 22.8 Å². The summed E-state index contributed by atoms with van der Waals surface area (Å²) in [5.41, 5.74) is 1.59. The number of ketones is 1. The fourth-order valence-electron chi connectivity index (χ4n) is 2.42. The third-order valence-electron chi connectivity index (χ3n) is 3.68. The van der Waals surface area contributed by atoms with Crippen molar-refractivity contribution in [3.8, 4) is 5.75 Å². The Hall–Kier alpha value is -3.67. The highest BCUT2D eigenvalue weighted by molar-refractivity contribution is 6.10. The maximum atomic E-state index is 12.4. The number of rotatable bonds is 5.